The van der Waals surface area contributed by atoms with Gasteiger partial charge in [0.1, 0.15) is 0 Å². The van der Waals surface area contributed by atoms with Crippen molar-refractivity contribution >= 4 is 0 Å². The van der Waals surface area contributed by atoms with Crippen molar-refractivity contribution in [3.8, 4) is 0 Å². The van der Waals surface area contributed by atoms with Gasteiger partial charge < -0.3 is 15.5 Å². The van der Waals surface area contributed by atoms with Gasteiger partial charge in [0, 0.05) is 31.0 Å². The molecule has 3 nitrogen and oxygen atoms in total. The maximum Gasteiger partial charge on any atom is 0.0500 e. The molecule has 0 saturated carbocycles. The molecule has 3 N–H and O–H groups in total. The van der Waals surface area contributed by atoms with Gasteiger partial charge in [0.2, 0.25) is 0 Å². The molecule has 0 amide bonds. The largest absolute Gasteiger partial charge is 0.396 e. The zero-order valence-corrected chi connectivity index (χ0v) is 6.30. The zero-order chi connectivity index (χ0) is 7.61. The fourth-order valence-electron chi connectivity index (χ4n) is 1.39. The molecule has 0 unspecified atom stereocenters. The highest BCUT2D eigenvalue weighted by atomic mass is 16.3. The SMILES string of the molecule is C[C@@]1(CO)CNC[C@@H]1CO. The van der Waals surface area contributed by atoms with Crippen LogP contribution < -0.4 is 5.32 Å². The highest BCUT2D eigenvalue weighted by Crippen LogP contribution is 2.29. The summed E-state index contributed by atoms with van der Waals surface area (Å²) in [4.78, 5) is 0. The molecule has 1 rings (SSSR count). The number of aliphatic hydroxyl groups is 2. The van der Waals surface area contributed by atoms with E-state index in [4.69, 9.17) is 10.2 Å². The minimum Gasteiger partial charge on any atom is -0.396 e. The first kappa shape index (κ1) is 7.98. The van der Waals surface area contributed by atoms with Crippen LogP contribution in [0.5, 0.6) is 0 Å². The Morgan fingerprint density at radius 1 is 1.60 bits per heavy atom. The highest BCUT2D eigenvalue weighted by molar-refractivity contribution is 4.90. The molecule has 2 atom stereocenters. The molecular formula is C7H15NO2. The molecule has 0 aromatic heterocycles. The number of hydrogen-bond donors (Lipinski definition) is 3. The molecule has 1 saturated heterocycles. The van der Waals surface area contributed by atoms with E-state index in [0.29, 0.717) is 0 Å². The molecule has 0 radical (unpaired) electrons. The van der Waals surface area contributed by atoms with Crippen molar-refractivity contribution in [2.75, 3.05) is 26.3 Å². The lowest BCUT2D eigenvalue weighted by Gasteiger charge is -2.26. The van der Waals surface area contributed by atoms with Crippen molar-refractivity contribution in [3.05, 3.63) is 0 Å². The van der Waals surface area contributed by atoms with E-state index >= 15 is 0 Å². The number of hydrogen-bond acceptors (Lipinski definition) is 3. The molecule has 1 heterocycles. The van der Waals surface area contributed by atoms with Gasteiger partial charge in [-0.25, -0.2) is 0 Å². The average molecular weight is 145 g/mol. The third-order valence-corrected chi connectivity index (χ3v) is 2.49. The summed E-state index contributed by atoms with van der Waals surface area (Å²) < 4.78 is 0. The summed E-state index contributed by atoms with van der Waals surface area (Å²) in [6.45, 7) is 3.96. The van der Waals surface area contributed by atoms with Crippen LogP contribution in [0.4, 0.5) is 0 Å². The molecular weight excluding hydrogens is 130 g/mol. The summed E-state index contributed by atoms with van der Waals surface area (Å²) in [5.74, 6) is 0.220. The number of rotatable bonds is 2. The van der Waals surface area contributed by atoms with Gasteiger partial charge in [0.05, 0.1) is 6.61 Å². The third-order valence-electron chi connectivity index (χ3n) is 2.49. The van der Waals surface area contributed by atoms with Gasteiger partial charge in [-0.05, 0) is 0 Å². The molecule has 0 aromatic rings. The summed E-state index contributed by atoms with van der Waals surface area (Å²) in [5.41, 5.74) is -0.102. The molecule has 1 aliphatic rings. The summed E-state index contributed by atoms with van der Waals surface area (Å²) in [5, 5.41) is 21.0. The monoisotopic (exact) mass is 145 g/mol. The Balaban J connectivity index is 2.56. The zero-order valence-electron chi connectivity index (χ0n) is 6.30. The minimum absolute atomic E-state index is 0.102. The molecule has 10 heavy (non-hydrogen) atoms. The van der Waals surface area contributed by atoms with Crippen LogP contribution in [0.1, 0.15) is 6.92 Å². The topological polar surface area (TPSA) is 52.5 Å². The smallest absolute Gasteiger partial charge is 0.0500 e. The van der Waals surface area contributed by atoms with Crippen LogP contribution in [-0.4, -0.2) is 36.5 Å². The predicted octanol–water partition coefficient (Wildman–Crippen LogP) is -0.803. The summed E-state index contributed by atoms with van der Waals surface area (Å²) in [6.07, 6.45) is 0. The molecule has 60 valence electrons. The van der Waals surface area contributed by atoms with Gasteiger partial charge in [-0.1, -0.05) is 6.92 Å². The van der Waals surface area contributed by atoms with Crippen LogP contribution in [0.15, 0.2) is 0 Å². The van der Waals surface area contributed by atoms with Crippen LogP contribution >= 0.6 is 0 Å². The van der Waals surface area contributed by atoms with Gasteiger partial charge in [0.25, 0.3) is 0 Å². The van der Waals surface area contributed by atoms with Crippen molar-refractivity contribution in [1.82, 2.24) is 5.32 Å². The van der Waals surface area contributed by atoms with Crippen molar-refractivity contribution in [2.45, 2.75) is 6.92 Å². The Labute approximate surface area is 61.1 Å². The molecule has 0 spiro atoms. The lowest BCUT2D eigenvalue weighted by molar-refractivity contribution is 0.0796. The van der Waals surface area contributed by atoms with Gasteiger partial charge in [-0.3, -0.25) is 0 Å². The normalized spacial score (nSPS) is 40.5. The van der Waals surface area contributed by atoms with E-state index in [0.717, 1.165) is 13.1 Å². The lowest BCUT2D eigenvalue weighted by atomic mass is 9.81. The van der Waals surface area contributed by atoms with Crippen LogP contribution in [0.3, 0.4) is 0 Å². The van der Waals surface area contributed by atoms with E-state index in [1.54, 1.807) is 0 Å². The fourth-order valence-corrected chi connectivity index (χ4v) is 1.39. The van der Waals surface area contributed by atoms with Crippen LogP contribution in [0.25, 0.3) is 0 Å². The molecule has 0 aromatic carbocycles. The maximum atomic E-state index is 8.98. The molecule has 0 aliphatic carbocycles. The Morgan fingerprint density at radius 2 is 2.30 bits per heavy atom. The number of aliphatic hydroxyl groups excluding tert-OH is 2. The molecule has 1 fully saturated rings. The van der Waals surface area contributed by atoms with E-state index < -0.39 is 0 Å². The van der Waals surface area contributed by atoms with E-state index in [1.165, 1.54) is 0 Å². The van der Waals surface area contributed by atoms with Crippen LogP contribution in [0, 0.1) is 11.3 Å². The standard InChI is InChI=1S/C7H15NO2/c1-7(5-10)4-8-2-6(7)3-9/h6,8-10H,2-5H2,1H3/t6-,7+/m1/s1. The molecule has 3 heteroatoms. The second-order valence-electron chi connectivity index (χ2n) is 3.32. The Kier molecular flexibility index (Phi) is 2.28. The third kappa shape index (κ3) is 1.17. The maximum absolute atomic E-state index is 8.98. The van der Waals surface area contributed by atoms with Gasteiger partial charge in [0.15, 0.2) is 0 Å². The molecule has 1 aliphatic heterocycles. The Morgan fingerprint density at radius 3 is 2.70 bits per heavy atom. The minimum atomic E-state index is -0.102. The summed E-state index contributed by atoms with van der Waals surface area (Å²) in [7, 11) is 0. The first-order valence-corrected chi connectivity index (χ1v) is 3.65. The van der Waals surface area contributed by atoms with Gasteiger partial charge in [-0.15, -0.1) is 0 Å². The molecule has 0 bridgehead atoms. The van der Waals surface area contributed by atoms with Gasteiger partial charge >= 0.3 is 0 Å². The second kappa shape index (κ2) is 2.86. The lowest BCUT2D eigenvalue weighted by Crippen LogP contribution is -2.32. The van der Waals surface area contributed by atoms with E-state index in [1.807, 2.05) is 6.92 Å². The highest BCUT2D eigenvalue weighted by Gasteiger charge is 2.37. The first-order valence-electron chi connectivity index (χ1n) is 3.65. The fraction of sp³-hybridized carbons (Fsp3) is 1.00. The summed E-state index contributed by atoms with van der Waals surface area (Å²) >= 11 is 0. The van der Waals surface area contributed by atoms with E-state index in [-0.39, 0.29) is 24.5 Å². The van der Waals surface area contributed by atoms with Crippen molar-refractivity contribution in [2.24, 2.45) is 11.3 Å². The second-order valence-corrected chi connectivity index (χ2v) is 3.32. The van der Waals surface area contributed by atoms with Crippen molar-refractivity contribution < 1.29 is 10.2 Å². The van der Waals surface area contributed by atoms with Crippen LogP contribution in [0.2, 0.25) is 0 Å². The first-order chi connectivity index (χ1) is 4.73. The Hall–Kier alpha value is -0.120. The predicted molar refractivity (Wildman–Crippen MR) is 38.6 cm³/mol. The van der Waals surface area contributed by atoms with Gasteiger partial charge in [-0.2, -0.15) is 0 Å². The number of nitrogens with one attached hydrogen (secondary N) is 1. The van der Waals surface area contributed by atoms with Crippen LogP contribution in [-0.2, 0) is 0 Å². The Bertz CT molecular complexity index is 118. The van der Waals surface area contributed by atoms with E-state index in [9.17, 15) is 0 Å². The van der Waals surface area contributed by atoms with Crippen molar-refractivity contribution in [3.63, 3.8) is 0 Å². The van der Waals surface area contributed by atoms with Crippen molar-refractivity contribution in [1.29, 1.82) is 0 Å². The average Bonchev–Trinajstić information content (AvgIpc) is 2.32. The quantitative estimate of drug-likeness (QED) is 0.476. The van der Waals surface area contributed by atoms with E-state index in [2.05, 4.69) is 5.32 Å². The summed E-state index contributed by atoms with van der Waals surface area (Å²) in [6, 6.07) is 0.